The number of rotatable bonds is 7. The summed E-state index contributed by atoms with van der Waals surface area (Å²) in [5.74, 6) is 2.67. The van der Waals surface area contributed by atoms with Gasteiger partial charge in [0.15, 0.2) is 0 Å². The fourth-order valence-electron chi connectivity index (χ4n) is 3.68. The number of hydrogen-bond acceptors (Lipinski definition) is 6. The van der Waals surface area contributed by atoms with Gasteiger partial charge >= 0.3 is 0 Å². The molecule has 0 radical (unpaired) electrons. The quantitative estimate of drug-likeness (QED) is 0.756. The molecule has 1 saturated heterocycles. The Balaban J connectivity index is 1.53. The van der Waals surface area contributed by atoms with E-state index in [1.807, 2.05) is 24.8 Å². The number of furan rings is 1. The van der Waals surface area contributed by atoms with Crippen LogP contribution >= 0.6 is 0 Å². The second kappa shape index (κ2) is 8.03. The minimum absolute atomic E-state index is 0.162. The van der Waals surface area contributed by atoms with Gasteiger partial charge in [0.1, 0.15) is 11.5 Å². The zero-order valence-electron chi connectivity index (χ0n) is 16.1. The van der Waals surface area contributed by atoms with Crippen molar-refractivity contribution >= 4 is 5.91 Å². The zero-order valence-corrected chi connectivity index (χ0v) is 16.1. The number of carbonyl (C=O) groups is 1. The Labute approximate surface area is 154 Å². The molecule has 1 amide bonds. The largest absolute Gasteiger partial charge is 0.466 e. The molecule has 3 rings (SSSR count). The molecule has 1 unspecified atom stereocenters. The Kier molecular flexibility index (Phi) is 5.76. The first kappa shape index (κ1) is 18.6. The number of likely N-dealkylation sites (N-methyl/N-ethyl adjacent to an activating group) is 1. The van der Waals surface area contributed by atoms with Gasteiger partial charge < -0.3 is 13.7 Å². The van der Waals surface area contributed by atoms with Crippen LogP contribution in [0.4, 0.5) is 0 Å². The van der Waals surface area contributed by atoms with E-state index in [0.717, 1.165) is 49.7 Å². The van der Waals surface area contributed by atoms with Crippen LogP contribution in [0, 0.1) is 13.8 Å². The third-order valence-corrected chi connectivity index (χ3v) is 5.14. The predicted molar refractivity (Wildman–Crippen MR) is 97.7 cm³/mol. The van der Waals surface area contributed by atoms with Crippen LogP contribution in [0.2, 0.25) is 0 Å². The van der Waals surface area contributed by atoms with Crippen LogP contribution in [0.5, 0.6) is 0 Å². The molecule has 1 aliphatic heterocycles. The van der Waals surface area contributed by atoms with E-state index in [0.29, 0.717) is 30.7 Å². The fraction of sp³-hybridized carbons (Fsp3) is 0.632. The standard InChI is InChI=1S/C19H28N4O3/c1-5-22(6-2)15-9-10-23(12-15)18(24)8-7-17-20-21-19(26-17)16-11-13(3)25-14(16)4/h11,15H,5-10,12H2,1-4H3. The highest BCUT2D eigenvalue weighted by molar-refractivity contribution is 5.76. The molecule has 1 atom stereocenters. The summed E-state index contributed by atoms with van der Waals surface area (Å²) < 4.78 is 11.2. The highest BCUT2D eigenvalue weighted by atomic mass is 16.4. The summed E-state index contributed by atoms with van der Waals surface area (Å²) in [5.41, 5.74) is 0.814. The Bertz CT molecular complexity index is 748. The van der Waals surface area contributed by atoms with Crippen molar-refractivity contribution in [1.29, 1.82) is 0 Å². The topological polar surface area (TPSA) is 75.6 Å². The van der Waals surface area contributed by atoms with Gasteiger partial charge in [-0.15, -0.1) is 10.2 Å². The minimum Gasteiger partial charge on any atom is -0.466 e. The summed E-state index contributed by atoms with van der Waals surface area (Å²) in [7, 11) is 0. The molecule has 7 nitrogen and oxygen atoms in total. The van der Waals surface area contributed by atoms with Crippen LogP contribution in [0.1, 0.15) is 44.1 Å². The zero-order chi connectivity index (χ0) is 18.7. The second-order valence-corrected chi connectivity index (χ2v) is 6.83. The molecule has 2 aromatic rings. The van der Waals surface area contributed by atoms with Crippen LogP contribution in [0.15, 0.2) is 14.9 Å². The van der Waals surface area contributed by atoms with Gasteiger partial charge in [0.2, 0.25) is 11.8 Å². The van der Waals surface area contributed by atoms with Gasteiger partial charge in [-0.25, -0.2) is 0 Å². The normalized spacial score (nSPS) is 17.4. The van der Waals surface area contributed by atoms with Crippen molar-refractivity contribution < 1.29 is 13.6 Å². The molecule has 2 aromatic heterocycles. The molecule has 0 aromatic carbocycles. The first-order chi connectivity index (χ1) is 12.5. The van der Waals surface area contributed by atoms with Gasteiger partial charge in [-0.05, 0) is 39.4 Å². The molecule has 3 heterocycles. The van der Waals surface area contributed by atoms with Crippen molar-refractivity contribution in [2.24, 2.45) is 0 Å². The van der Waals surface area contributed by atoms with Crippen molar-refractivity contribution in [3.8, 4) is 11.5 Å². The Morgan fingerprint density at radius 2 is 2.04 bits per heavy atom. The summed E-state index contributed by atoms with van der Waals surface area (Å²) in [5, 5.41) is 8.16. The molecule has 1 aliphatic rings. The van der Waals surface area contributed by atoms with E-state index in [2.05, 4.69) is 28.9 Å². The molecule has 0 saturated carbocycles. The van der Waals surface area contributed by atoms with Gasteiger partial charge in [-0.1, -0.05) is 13.8 Å². The third-order valence-electron chi connectivity index (χ3n) is 5.14. The number of aryl methyl sites for hydroxylation is 3. The maximum Gasteiger partial charge on any atom is 0.251 e. The number of carbonyl (C=O) groups excluding carboxylic acids is 1. The van der Waals surface area contributed by atoms with Gasteiger partial charge in [-0.2, -0.15) is 0 Å². The van der Waals surface area contributed by atoms with E-state index < -0.39 is 0 Å². The Hall–Kier alpha value is -2.15. The van der Waals surface area contributed by atoms with E-state index >= 15 is 0 Å². The molecule has 0 bridgehead atoms. The van der Waals surface area contributed by atoms with E-state index in [4.69, 9.17) is 8.83 Å². The van der Waals surface area contributed by atoms with Gasteiger partial charge in [0.25, 0.3) is 5.89 Å². The maximum absolute atomic E-state index is 12.5. The third kappa shape index (κ3) is 3.98. The van der Waals surface area contributed by atoms with E-state index in [9.17, 15) is 4.79 Å². The lowest BCUT2D eigenvalue weighted by atomic mass is 10.2. The molecule has 0 aliphatic carbocycles. The number of amides is 1. The lowest BCUT2D eigenvalue weighted by Crippen LogP contribution is -2.38. The van der Waals surface area contributed by atoms with E-state index in [1.54, 1.807) is 0 Å². The highest BCUT2D eigenvalue weighted by Crippen LogP contribution is 2.25. The highest BCUT2D eigenvalue weighted by Gasteiger charge is 2.29. The monoisotopic (exact) mass is 360 g/mol. The van der Waals surface area contributed by atoms with Crippen LogP contribution in [0.3, 0.4) is 0 Å². The molecule has 0 N–H and O–H groups in total. The van der Waals surface area contributed by atoms with Crippen molar-refractivity contribution in [3.63, 3.8) is 0 Å². The van der Waals surface area contributed by atoms with E-state index in [1.165, 1.54) is 0 Å². The van der Waals surface area contributed by atoms with Crippen molar-refractivity contribution in [3.05, 3.63) is 23.5 Å². The van der Waals surface area contributed by atoms with Gasteiger partial charge in [-0.3, -0.25) is 9.69 Å². The molecular formula is C19H28N4O3. The number of hydrogen-bond donors (Lipinski definition) is 0. The summed E-state index contributed by atoms with van der Waals surface area (Å²) in [6.07, 6.45) is 1.92. The molecular weight excluding hydrogens is 332 g/mol. The summed E-state index contributed by atoms with van der Waals surface area (Å²) in [6, 6.07) is 2.37. The minimum atomic E-state index is 0.162. The molecule has 0 spiro atoms. The fourth-order valence-corrected chi connectivity index (χ4v) is 3.68. The average Bonchev–Trinajstić information content (AvgIpc) is 3.34. The SMILES string of the molecule is CCN(CC)C1CCN(C(=O)CCc2nnc(-c3cc(C)oc3C)o2)C1. The Morgan fingerprint density at radius 3 is 2.69 bits per heavy atom. The van der Waals surface area contributed by atoms with Crippen LogP contribution in [0.25, 0.3) is 11.5 Å². The van der Waals surface area contributed by atoms with Crippen LogP contribution in [-0.4, -0.2) is 58.1 Å². The van der Waals surface area contributed by atoms with E-state index in [-0.39, 0.29) is 5.91 Å². The van der Waals surface area contributed by atoms with Gasteiger partial charge in [0.05, 0.1) is 5.56 Å². The smallest absolute Gasteiger partial charge is 0.251 e. The van der Waals surface area contributed by atoms with Crippen LogP contribution < -0.4 is 0 Å². The van der Waals surface area contributed by atoms with Gasteiger partial charge in [0, 0.05) is 32.0 Å². The molecule has 7 heteroatoms. The van der Waals surface area contributed by atoms with Crippen molar-refractivity contribution in [2.75, 3.05) is 26.2 Å². The number of likely N-dealkylation sites (tertiary alicyclic amines) is 1. The summed E-state index contributed by atoms with van der Waals surface area (Å²) >= 11 is 0. The number of nitrogens with zero attached hydrogens (tertiary/aromatic N) is 4. The first-order valence-corrected chi connectivity index (χ1v) is 9.43. The molecule has 26 heavy (non-hydrogen) atoms. The first-order valence-electron chi connectivity index (χ1n) is 9.43. The predicted octanol–water partition coefficient (Wildman–Crippen LogP) is 2.82. The maximum atomic E-state index is 12.5. The average molecular weight is 360 g/mol. The second-order valence-electron chi connectivity index (χ2n) is 6.83. The van der Waals surface area contributed by atoms with Crippen molar-refractivity contribution in [2.45, 2.75) is 53.0 Å². The summed E-state index contributed by atoms with van der Waals surface area (Å²) in [6.45, 7) is 11.8. The van der Waals surface area contributed by atoms with Crippen molar-refractivity contribution in [1.82, 2.24) is 20.0 Å². The number of aromatic nitrogens is 2. The lowest BCUT2D eigenvalue weighted by molar-refractivity contribution is -0.130. The van der Waals surface area contributed by atoms with Crippen LogP contribution in [-0.2, 0) is 11.2 Å². The molecule has 1 fully saturated rings. The Morgan fingerprint density at radius 1 is 1.27 bits per heavy atom. The summed E-state index contributed by atoms with van der Waals surface area (Å²) in [4.78, 5) is 16.9. The molecule has 142 valence electrons. The lowest BCUT2D eigenvalue weighted by Gasteiger charge is -2.26.